The molecule has 0 aliphatic heterocycles. The molecule has 0 aliphatic rings. The van der Waals surface area contributed by atoms with Crippen molar-refractivity contribution in [1.29, 1.82) is 0 Å². The molecule has 0 fully saturated rings. The molecule has 0 aromatic heterocycles. The van der Waals surface area contributed by atoms with Crippen LogP contribution in [0.25, 0.3) is 0 Å². The van der Waals surface area contributed by atoms with Crippen LogP contribution < -0.4 is 14.4 Å². The summed E-state index contributed by atoms with van der Waals surface area (Å²) in [6, 6.07) is 25.1. The van der Waals surface area contributed by atoms with Crippen LogP contribution in [0.4, 0.5) is 11.4 Å². The van der Waals surface area contributed by atoms with E-state index >= 15 is 0 Å². The van der Waals surface area contributed by atoms with E-state index in [1.54, 1.807) is 12.1 Å². The smallest absolute Gasteiger partial charge is 0.273 e. The third-order valence-electron chi connectivity index (χ3n) is 7.67. The molecule has 252 valence electrons. The first-order chi connectivity index (χ1) is 23.0. The highest BCUT2D eigenvalue weighted by molar-refractivity contribution is 7.92. The second-order valence-electron chi connectivity index (χ2n) is 11.0. The van der Waals surface area contributed by atoms with E-state index in [9.17, 15) is 28.1 Å². The zero-order chi connectivity index (χ0) is 34.8. The zero-order valence-electron chi connectivity index (χ0n) is 26.8. The molecule has 2 amide bonds. The van der Waals surface area contributed by atoms with E-state index in [4.69, 9.17) is 16.3 Å². The van der Waals surface area contributed by atoms with Crippen LogP contribution in [-0.4, -0.2) is 56.3 Å². The van der Waals surface area contributed by atoms with Gasteiger partial charge >= 0.3 is 0 Å². The first-order valence-electron chi connectivity index (χ1n) is 15.2. The van der Waals surface area contributed by atoms with Gasteiger partial charge < -0.3 is 15.0 Å². The lowest BCUT2D eigenvalue weighted by atomic mass is 10.0. The van der Waals surface area contributed by atoms with E-state index in [2.05, 4.69) is 5.32 Å². The maximum absolute atomic E-state index is 14.6. The molecule has 0 radical (unpaired) electrons. The number of rotatable bonds is 15. The van der Waals surface area contributed by atoms with Crippen LogP contribution in [0.1, 0.15) is 30.0 Å². The summed E-state index contributed by atoms with van der Waals surface area (Å²) in [5, 5.41) is 14.8. The Hall–Kier alpha value is -4.94. The van der Waals surface area contributed by atoms with Crippen LogP contribution in [0, 0.1) is 17.0 Å². The third-order valence-corrected chi connectivity index (χ3v) is 9.66. The molecule has 0 saturated heterocycles. The Bertz CT molecular complexity index is 1860. The molecule has 0 aliphatic carbocycles. The molecule has 0 unspecified atom stereocenters. The molecule has 0 bridgehead atoms. The summed E-state index contributed by atoms with van der Waals surface area (Å²) in [4.78, 5) is 40.4. The predicted octanol–water partition coefficient (Wildman–Crippen LogP) is 5.93. The van der Waals surface area contributed by atoms with Crippen LogP contribution in [-0.2, 0) is 32.6 Å². The van der Waals surface area contributed by atoms with Gasteiger partial charge in [0.2, 0.25) is 11.8 Å². The lowest BCUT2D eigenvalue weighted by molar-refractivity contribution is -0.385. The normalized spacial score (nSPS) is 11.8. The van der Waals surface area contributed by atoms with Crippen molar-refractivity contribution in [3.63, 3.8) is 0 Å². The van der Waals surface area contributed by atoms with Gasteiger partial charge in [-0.15, -0.1) is 0 Å². The van der Waals surface area contributed by atoms with Crippen LogP contribution in [0.3, 0.4) is 0 Å². The number of hydrogen-bond acceptors (Lipinski definition) is 7. The second kappa shape index (κ2) is 16.2. The quantitative estimate of drug-likeness (QED) is 0.120. The maximum atomic E-state index is 14.6. The van der Waals surface area contributed by atoms with Crippen LogP contribution in [0.15, 0.2) is 102 Å². The summed E-state index contributed by atoms with van der Waals surface area (Å²) < 4.78 is 35.1. The van der Waals surface area contributed by atoms with E-state index in [0.717, 1.165) is 21.5 Å². The Morgan fingerprint density at radius 3 is 2.21 bits per heavy atom. The van der Waals surface area contributed by atoms with Crippen molar-refractivity contribution < 1.29 is 27.7 Å². The first kappa shape index (κ1) is 35.9. The molecule has 4 rings (SSSR count). The van der Waals surface area contributed by atoms with Crippen LogP contribution >= 0.6 is 11.6 Å². The number of benzene rings is 4. The van der Waals surface area contributed by atoms with Crippen molar-refractivity contribution >= 4 is 44.8 Å². The summed E-state index contributed by atoms with van der Waals surface area (Å²) in [5.41, 5.74) is 1.32. The number of amides is 2. The topological polar surface area (TPSA) is 139 Å². The Labute approximate surface area is 285 Å². The van der Waals surface area contributed by atoms with Gasteiger partial charge in [-0.2, -0.15) is 0 Å². The maximum Gasteiger partial charge on any atom is 0.273 e. The Kier molecular flexibility index (Phi) is 12.2. The number of aryl methyl sites for hydroxylation is 1. The fourth-order valence-electron chi connectivity index (χ4n) is 5.15. The minimum absolute atomic E-state index is 0.00666. The van der Waals surface area contributed by atoms with Gasteiger partial charge in [0.05, 0.1) is 22.6 Å². The van der Waals surface area contributed by atoms with Crippen molar-refractivity contribution in [2.75, 3.05) is 24.5 Å². The fraction of sp³-hybridized carbons (Fsp3) is 0.257. The highest BCUT2D eigenvalue weighted by atomic mass is 35.5. The molecule has 1 atom stereocenters. The molecule has 1 N–H and O–H groups in total. The molecule has 0 spiro atoms. The summed E-state index contributed by atoms with van der Waals surface area (Å²) in [5.74, 6) is -0.999. The number of anilines is 1. The number of halogens is 1. The van der Waals surface area contributed by atoms with Crippen molar-refractivity contribution in [2.45, 2.75) is 44.2 Å². The van der Waals surface area contributed by atoms with E-state index in [0.29, 0.717) is 13.0 Å². The zero-order valence-corrected chi connectivity index (χ0v) is 28.4. The van der Waals surface area contributed by atoms with Crippen molar-refractivity contribution in [1.82, 2.24) is 10.2 Å². The van der Waals surface area contributed by atoms with Crippen LogP contribution in [0.2, 0.25) is 5.02 Å². The van der Waals surface area contributed by atoms with Gasteiger partial charge in [-0.3, -0.25) is 24.0 Å². The van der Waals surface area contributed by atoms with Crippen LogP contribution in [0.5, 0.6) is 5.75 Å². The molecule has 4 aromatic rings. The summed E-state index contributed by atoms with van der Waals surface area (Å²) in [6.45, 7) is 3.00. The SMILES string of the molecule is CCCNC(=O)[C@H](Cc1ccccc1)N(Cc1ccccc1)C(=O)CN(c1cc(Cl)ccc1OC)S(=O)(=O)c1ccc(C)c([N+](=O)[O-])c1. The van der Waals surface area contributed by atoms with Gasteiger partial charge in [-0.05, 0) is 48.7 Å². The number of ether oxygens (including phenoxy) is 1. The van der Waals surface area contributed by atoms with Gasteiger partial charge in [0.1, 0.15) is 18.3 Å². The molecule has 13 heteroatoms. The fourth-order valence-corrected chi connectivity index (χ4v) is 6.75. The lowest BCUT2D eigenvalue weighted by Crippen LogP contribution is -2.53. The molecule has 48 heavy (non-hydrogen) atoms. The summed E-state index contributed by atoms with van der Waals surface area (Å²) in [7, 11) is -3.32. The molecular formula is C35H37ClN4O7S. The second-order valence-corrected chi connectivity index (χ2v) is 13.3. The number of nitrogens with one attached hydrogen (secondary N) is 1. The predicted molar refractivity (Wildman–Crippen MR) is 185 cm³/mol. The first-order valence-corrected chi connectivity index (χ1v) is 17.0. The van der Waals surface area contributed by atoms with E-state index in [1.807, 2.05) is 55.5 Å². The summed E-state index contributed by atoms with van der Waals surface area (Å²) >= 11 is 6.32. The molecule has 11 nitrogen and oxygen atoms in total. The molecule has 0 heterocycles. The largest absolute Gasteiger partial charge is 0.495 e. The minimum atomic E-state index is -4.65. The highest BCUT2D eigenvalue weighted by Crippen LogP contribution is 2.36. The Balaban J connectivity index is 1.87. The van der Waals surface area contributed by atoms with Crippen molar-refractivity contribution in [3.05, 3.63) is 129 Å². The number of nitro groups is 1. The minimum Gasteiger partial charge on any atom is -0.495 e. The highest BCUT2D eigenvalue weighted by Gasteiger charge is 2.36. The van der Waals surface area contributed by atoms with E-state index in [-0.39, 0.29) is 35.0 Å². The number of carbonyl (C=O) groups excluding carboxylic acids is 2. The Morgan fingerprint density at radius 2 is 1.60 bits per heavy atom. The van der Waals surface area contributed by atoms with E-state index < -0.39 is 49.9 Å². The summed E-state index contributed by atoms with van der Waals surface area (Å²) in [6.07, 6.45) is 0.825. The monoisotopic (exact) mass is 692 g/mol. The standard InChI is InChI=1S/C35H37ClN4O7S/c1-4-19-37-35(42)32(20-26-11-7-5-8-12-26)38(23-27-13-9-6-10-14-27)34(41)24-39(31-21-28(36)16-18-33(31)47-3)48(45,46)29-17-15-25(2)30(22-29)40(43)44/h5-18,21-22,32H,4,19-20,23-24H2,1-3H3,(H,37,42)/t32-/m0/s1. The van der Waals surface area contributed by atoms with E-state index in [1.165, 1.54) is 49.3 Å². The van der Waals surface area contributed by atoms with Crippen molar-refractivity contribution in [3.8, 4) is 5.75 Å². The van der Waals surface area contributed by atoms with Gasteiger partial charge in [0.15, 0.2) is 0 Å². The number of sulfonamides is 1. The van der Waals surface area contributed by atoms with Gasteiger partial charge in [-0.1, -0.05) is 85.3 Å². The van der Waals surface area contributed by atoms with Gasteiger partial charge in [-0.25, -0.2) is 8.42 Å². The van der Waals surface area contributed by atoms with Gasteiger partial charge in [0.25, 0.3) is 15.7 Å². The number of carbonyl (C=O) groups is 2. The average Bonchev–Trinajstić information content (AvgIpc) is 3.08. The lowest BCUT2D eigenvalue weighted by Gasteiger charge is -2.34. The number of nitrogens with zero attached hydrogens (tertiary/aromatic N) is 3. The molecule has 4 aromatic carbocycles. The molecular weight excluding hydrogens is 656 g/mol. The number of nitro benzene ring substituents is 1. The van der Waals surface area contributed by atoms with Gasteiger partial charge in [0, 0.05) is 36.2 Å². The average molecular weight is 693 g/mol. The molecule has 0 saturated carbocycles. The number of hydrogen-bond donors (Lipinski definition) is 1. The third kappa shape index (κ3) is 8.69. The van der Waals surface area contributed by atoms with Crippen molar-refractivity contribution in [2.24, 2.45) is 0 Å². The number of methoxy groups -OCH3 is 1. The Morgan fingerprint density at radius 1 is 0.958 bits per heavy atom.